The van der Waals surface area contributed by atoms with E-state index in [4.69, 9.17) is 16.3 Å². The highest BCUT2D eigenvalue weighted by Crippen LogP contribution is 2.26. The molecule has 0 saturated heterocycles. The second kappa shape index (κ2) is 13.9. The lowest BCUT2D eigenvalue weighted by Gasteiger charge is -2.15. The Balaban J connectivity index is 1.80. The Kier molecular flexibility index (Phi) is 10.6. The van der Waals surface area contributed by atoms with Crippen LogP contribution in [0.4, 0.5) is 20.2 Å². The van der Waals surface area contributed by atoms with Crippen molar-refractivity contribution >= 4 is 40.7 Å². The molecule has 0 aliphatic carbocycles. The van der Waals surface area contributed by atoms with Crippen molar-refractivity contribution in [3.63, 3.8) is 0 Å². The number of carbonyl (C=O) groups is 3. The molecule has 3 amide bonds. The van der Waals surface area contributed by atoms with E-state index in [0.29, 0.717) is 11.3 Å². The number of anilines is 2. The normalized spacial score (nSPS) is 11.7. The second-order valence-electron chi connectivity index (χ2n) is 9.41. The largest absolute Gasteiger partial charge is 0.487 e. The predicted molar refractivity (Wildman–Crippen MR) is 149 cm³/mol. The molecule has 3 rings (SSSR count). The van der Waals surface area contributed by atoms with E-state index in [1.54, 1.807) is 44.2 Å². The minimum absolute atomic E-state index is 0.0551. The van der Waals surface area contributed by atoms with Gasteiger partial charge in [0, 0.05) is 17.9 Å². The molecule has 0 saturated carbocycles. The van der Waals surface area contributed by atoms with E-state index >= 15 is 0 Å². The van der Waals surface area contributed by atoms with Crippen molar-refractivity contribution in [2.24, 2.45) is 5.92 Å². The van der Waals surface area contributed by atoms with Crippen molar-refractivity contribution < 1.29 is 33.0 Å². The molecule has 0 aliphatic rings. The molecule has 212 valence electrons. The lowest BCUT2D eigenvalue weighted by Crippen LogP contribution is -2.37. The van der Waals surface area contributed by atoms with Crippen LogP contribution in [0.3, 0.4) is 0 Å². The third-order valence-electron chi connectivity index (χ3n) is 5.80. The summed E-state index contributed by atoms with van der Waals surface area (Å²) < 4.78 is 30.7. The first-order valence-corrected chi connectivity index (χ1v) is 12.8. The molecule has 0 aliphatic heterocycles. The van der Waals surface area contributed by atoms with Gasteiger partial charge >= 0.3 is 0 Å². The molecule has 40 heavy (non-hydrogen) atoms. The maximum atomic E-state index is 13.1. The number of carbonyl (C=O) groups excluding carboxylic acids is 3. The molecule has 4 N–H and O–H groups in total. The molecule has 3 aromatic rings. The number of hydrogen-bond acceptors (Lipinski definition) is 5. The Bertz CT molecular complexity index is 1370. The van der Waals surface area contributed by atoms with E-state index in [0.717, 1.165) is 5.56 Å². The standard InChI is InChI=1S/C29H30ClF2N3O5/c1-16(2)26(36)29(39)33-14-18-6-10-23(30)21(12-18)27(37)35-20-9-11-24(40-15-25(31)32)22(13-20)28(38)34-19-7-4-17(3)5-8-19/h4-13,16,25-26,36H,14-15H2,1-3H3,(H,33,39)(H,34,38)(H,35,37). The van der Waals surface area contributed by atoms with E-state index in [1.165, 1.54) is 30.3 Å². The fourth-order valence-corrected chi connectivity index (χ4v) is 3.75. The Hall–Kier alpha value is -4.02. The number of amides is 3. The minimum atomic E-state index is -2.75. The highest BCUT2D eigenvalue weighted by molar-refractivity contribution is 6.34. The van der Waals surface area contributed by atoms with E-state index < -0.39 is 36.9 Å². The van der Waals surface area contributed by atoms with Crippen molar-refractivity contribution in [3.8, 4) is 5.75 Å². The van der Waals surface area contributed by atoms with Crippen LogP contribution >= 0.6 is 11.6 Å². The van der Waals surface area contributed by atoms with Gasteiger partial charge in [-0.25, -0.2) is 8.78 Å². The highest BCUT2D eigenvalue weighted by atomic mass is 35.5. The van der Waals surface area contributed by atoms with Crippen LogP contribution < -0.4 is 20.7 Å². The zero-order valence-electron chi connectivity index (χ0n) is 22.1. The van der Waals surface area contributed by atoms with Gasteiger partial charge < -0.3 is 25.8 Å². The molecule has 11 heteroatoms. The van der Waals surface area contributed by atoms with Crippen LogP contribution in [0.25, 0.3) is 0 Å². The van der Waals surface area contributed by atoms with Gasteiger partial charge in [-0.2, -0.15) is 0 Å². The predicted octanol–water partition coefficient (Wildman–Crippen LogP) is 5.43. The maximum Gasteiger partial charge on any atom is 0.272 e. The topological polar surface area (TPSA) is 117 Å². The lowest BCUT2D eigenvalue weighted by molar-refractivity contribution is -0.131. The van der Waals surface area contributed by atoms with Crippen LogP contribution in [0, 0.1) is 12.8 Å². The smallest absolute Gasteiger partial charge is 0.272 e. The van der Waals surface area contributed by atoms with Gasteiger partial charge in [0.05, 0.1) is 16.1 Å². The Morgan fingerprint density at radius 2 is 1.52 bits per heavy atom. The van der Waals surface area contributed by atoms with Gasteiger partial charge in [-0.3, -0.25) is 14.4 Å². The summed E-state index contributed by atoms with van der Waals surface area (Å²) in [5.41, 5.74) is 2.27. The van der Waals surface area contributed by atoms with Gasteiger partial charge in [0.2, 0.25) is 5.91 Å². The zero-order valence-corrected chi connectivity index (χ0v) is 22.9. The fourth-order valence-electron chi connectivity index (χ4n) is 3.55. The van der Waals surface area contributed by atoms with Crippen LogP contribution in [-0.2, 0) is 11.3 Å². The molecule has 8 nitrogen and oxygen atoms in total. The van der Waals surface area contributed by atoms with Crippen molar-refractivity contribution in [1.29, 1.82) is 0 Å². The van der Waals surface area contributed by atoms with Crippen LogP contribution in [0.15, 0.2) is 60.7 Å². The number of aliphatic hydroxyl groups excluding tert-OH is 1. The summed E-state index contributed by atoms with van der Waals surface area (Å²) in [7, 11) is 0. The molecular formula is C29H30ClF2N3O5. The molecule has 0 heterocycles. The average molecular weight is 574 g/mol. The number of alkyl halides is 2. The van der Waals surface area contributed by atoms with E-state index in [2.05, 4.69) is 16.0 Å². The van der Waals surface area contributed by atoms with Gasteiger partial charge in [0.1, 0.15) is 18.5 Å². The molecule has 0 spiro atoms. The first-order valence-electron chi connectivity index (χ1n) is 12.4. The highest BCUT2D eigenvalue weighted by Gasteiger charge is 2.20. The molecule has 3 aromatic carbocycles. The van der Waals surface area contributed by atoms with Gasteiger partial charge in [0.25, 0.3) is 18.2 Å². The summed E-state index contributed by atoms with van der Waals surface area (Å²) >= 11 is 6.25. The Morgan fingerprint density at radius 3 is 2.17 bits per heavy atom. The minimum Gasteiger partial charge on any atom is -0.487 e. The molecular weight excluding hydrogens is 544 g/mol. The quantitative estimate of drug-likeness (QED) is 0.244. The number of rotatable bonds is 11. The number of aryl methyl sites for hydroxylation is 1. The first kappa shape index (κ1) is 30.5. The summed E-state index contributed by atoms with van der Waals surface area (Å²) in [4.78, 5) is 38.2. The van der Waals surface area contributed by atoms with Crippen molar-refractivity contribution in [2.45, 2.75) is 39.8 Å². The first-order chi connectivity index (χ1) is 18.9. The summed E-state index contributed by atoms with van der Waals surface area (Å²) in [5.74, 6) is -2.11. The third kappa shape index (κ3) is 8.49. The van der Waals surface area contributed by atoms with Gasteiger partial charge in [-0.1, -0.05) is 49.2 Å². The Labute approximate surface area is 235 Å². The zero-order chi connectivity index (χ0) is 29.4. The molecule has 0 bridgehead atoms. The molecule has 0 aromatic heterocycles. The van der Waals surface area contributed by atoms with E-state index in [-0.39, 0.29) is 40.0 Å². The van der Waals surface area contributed by atoms with Crippen LogP contribution in [-0.4, -0.2) is 42.0 Å². The molecule has 0 radical (unpaired) electrons. The molecule has 1 atom stereocenters. The van der Waals surface area contributed by atoms with Gasteiger partial charge in [-0.15, -0.1) is 0 Å². The summed E-state index contributed by atoms with van der Waals surface area (Å²) in [6.07, 6.45) is -3.92. The molecule has 1 unspecified atom stereocenters. The number of benzene rings is 3. The lowest BCUT2D eigenvalue weighted by atomic mass is 10.1. The van der Waals surface area contributed by atoms with Crippen LogP contribution in [0.2, 0.25) is 5.02 Å². The van der Waals surface area contributed by atoms with Crippen molar-refractivity contribution in [2.75, 3.05) is 17.2 Å². The van der Waals surface area contributed by atoms with Crippen LogP contribution in [0.5, 0.6) is 5.75 Å². The summed E-state index contributed by atoms with van der Waals surface area (Å²) in [6.45, 7) is 4.46. The monoisotopic (exact) mass is 573 g/mol. The Morgan fingerprint density at radius 1 is 0.900 bits per heavy atom. The fraction of sp³-hybridized carbons (Fsp3) is 0.276. The van der Waals surface area contributed by atoms with Crippen molar-refractivity contribution in [1.82, 2.24) is 5.32 Å². The molecule has 0 fully saturated rings. The number of aliphatic hydroxyl groups is 1. The number of hydrogen-bond donors (Lipinski definition) is 4. The second-order valence-corrected chi connectivity index (χ2v) is 9.82. The SMILES string of the molecule is Cc1ccc(NC(=O)c2cc(NC(=O)c3cc(CNC(=O)C(O)C(C)C)ccc3Cl)ccc2OCC(F)F)cc1. The van der Waals surface area contributed by atoms with E-state index in [9.17, 15) is 28.3 Å². The van der Waals surface area contributed by atoms with Crippen LogP contribution in [0.1, 0.15) is 45.7 Å². The average Bonchev–Trinajstić information content (AvgIpc) is 2.92. The number of ether oxygens (including phenoxy) is 1. The van der Waals surface area contributed by atoms with Gasteiger partial charge in [-0.05, 0) is 60.9 Å². The summed E-state index contributed by atoms with van der Waals surface area (Å²) in [5, 5.41) is 18.0. The van der Waals surface area contributed by atoms with Crippen molar-refractivity contribution in [3.05, 3.63) is 87.9 Å². The maximum absolute atomic E-state index is 13.1. The van der Waals surface area contributed by atoms with E-state index in [1.807, 2.05) is 6.92 Å². The number of nitrogens with one attached hydrogen (secondary N) is 3. The third-order valence-corrected chi connectivity index (χ3v) is 6.13. The summed E-state index contributed by atoms with van der Waals surface area (Å²) in [6, 6.07) is 15.6. The number of halogens is 3. The van der Waals surface area contributed by atoms with Gasteiger partial charge in [0.15, 0.2) is 0 Å².